The van der Waals surface area contributed by atoms with E-state index in [2.05, 4.69) is 64.5 Å². The molecule has 0 saturated heterocycles. The van der Waals surface area contributed by atoms with E-state index in [1.54, 1.807) is 0 Å². The summed E-state index contributed by atoms with van der Waals surface area (Å²) in [6.07, 6.45) is 16.6. The number of carbonyl (C=O) groups is 2. The first-order chi connectivity index (χ1) is 30.0. The molecule has 3 aromatic rings. The average Bonchev–Trinajstić information content (AvgIpc) is 3.27. The number of azo groups is 2. The molecule has 3 aromatic carbocycles. The first-order valence-corrected chi connectivity index (χ1v) is 21.1. The van der Waals surface area contributed by atoms with E-state index in [4.69, 9.17) is 18.9 Å². The lowest BCUT2D eigenvalue weighted by Crippen LogP contribution is -2.25. The van der Waals surface area contributed by atoms with Gasteiger partial charge in [0.15, 0.2) is 5.69 Å². The second-order valence-corrected chi connectivity index (χ2v) is 14.3. The van der Waals surface area contributed by atoms with Gasteiger partial charge in [-0.1, -0.05) is 91.2 Å². The Morgan fingerprint density at radius 2 is 1.08 bits per heavy atom. The highest BCUT2D eigenvalue weighted by Crippen LogP contribution is 2.42. The van der Waals surface area contributed by atoms with Crippen LogP contribution in [0.2, 0.25) is 0 Å². The third-order valence-corrected chi connectivity index (χ3v) is 9.55. The molecule has 0 saturated carbocycles. The summed E-state index contributed by atoms with van der Waals surface area (Å²) in [5.74, 6) is -1.15. The molecular formula is C45H59N7O10. The average molecular weight is 858 g/mol. The van der Waals surface area contributed by atoms with E-state index in [9.17, 15) is 29.8 Å². The van der Waals surface area contributed by atoms with Crippen molar-refractivity contribution in [3.05, 3.63) is 99.6 Å². The second kappa shape index (κ2) is 28.1. The van der Waals surface area contributed by atoms with Crippen LogP contribution in [-0.2, 0) is 19.1 Å². The molecule has 334 valence electrons. The van der Waals surface area contributed by atoms with E-state index < -0.39 is 33.2 Å². The highest BCUT2D eigenvalue weighted by Gasteiger charge is 2.21. The Bertz CT molecular complexity index is 2000. The van der Waals surface area contributed by atoms with Crippen LogP contribution in [0.25, 0.3) is 0 Å². The molecule has 0 aliphatic rings. The van der Waals surface area contributed by atoms with E-state index in [0.29, 0.717) is 5.69 Å². The summed E-state index contributed by atoms with van der Waals surface area (Å²) in [6.45, 7) is 14.6. The summed E-state index contributed by atoms with van der Waals surface area (Å²) in [7, 11) is 0. The zero-order valence-electron chi connectivity index (χ0n) is 36.1. The molecule has 0 heterocycles. The first-order valence-electron chi connectivity index (χ1n) is 21.1. The summed E-state index contributed by atoms with van der Waals surface area (Å²) >= 11 is 0. The summed E-state index contributed by atoms with van der Waals surface area (Å²) in [5.41, 5.74) is 1.38. The molecule has 17 heteroatoms. The Morgan fingerprint density at radius 3 is 1.55 bits per heavy atom. The van der Waals surface area contributed by atoms with Gasteiger partial charge in [0.1, 0.15) is 49.3 Å². The van der Waals surface area contributed by atoms with Crippen molar-refractivity contribution in [2.45, 2.75) is 97.8 Å². The Balaban J connectivity index is 2.01. The molecule has 0 fully saturated rings. The molecule has 0 aliphatic carbocycles. The maximum Gasteiger partial charge on any atom is 0.330 e. The van der Waals surface area contributed by atoms with Crippen LogP contribution in [0.1, 0.15) is 96.5 Å². The summed E-state index contributed by atoms with van der Waals surface area (Å²) in [6, 6.07) is 11.9. The van der Waals surface area contributed by atoms with Crippen LogP contribution in [0, 0.1) is 27.2 Å². The Morgan fingerprint density at radius 1 is 0.613 bits per heavy atom. The zero-order valence-corrected chi connectivity index (χ0v) is 36.1. The number of hydrogen-bond donors (Lipinski definition) is 0. The Hall–Kier alpha value is -6.52. The number of nitro groups is 2. The van der Waals surface area contributed by atoms with E-state index in [-0.39, 0.29) is 55.0 Å². The Labute approximate surface area is 363 Å². The van der Waals surface area contributed by atoms with Gasteiger partial charge in [-0.25, -0.2) is 9.59 Å². The van der Waals surface area contributed by atoms with Crippen LogP contribution in [0.3, 0.4) is 0 Å². The summed E-state index contributed by atoms with van der Waals surface area (Å²) in [4.78, 5) is 47.3. The van der Waals surface area contributed by atoms with Gasteiger partial charge >= 0.3 is 17.6 Å². The number of non-ortho nitro benzene ring substituents is 1. The van der Waals surface area contributed by atoms with Crippen molar-refractivity contribution in [3.63, 3.8) is 0 Å². The predicted molar refractivity (Wildman–Crippen MR) is 238 cm³/mol. The summed E-state index contributed by atoms with van der Waals surface area (Å²) < 4.78 is 22.0. The zero-order chi connectivity index (χ0) is 45.1. The molecule has 62 heavy (non-hydrogen) atoms. The van der Waals surface area contributed by atoms with E-state index in [0.717, 1.165) is 67.5 Å². The molecule has 0 atom stereocenters. The maximum absolute atomic E-state index is 11.8. The molecular weight excluding hydrogens is 799 g/mol. The Kier molecular flexibility index (Phi) is 22.6. The minimum absolute atomic E-state index is 0.00101. The van der Waals surface area contributed by atoms with Crippen molar-refractivity contribution < 1.29 is 38.4 Å². The van der Waals surface area contributed by atoms with Gasteiger partial charge in [0, 0.05) is 49.1 Å². The van der Waals surface area contributed by atoms with Crippen molar-refractivity contribution in [1.29, 1.82) is 0 Å². The monoisotopic (exact) mass is 857 g/mol. The van der Waals surface area contributed by atoms with Crippen LogP contribution < -0.4 is 14.4 Å². The van der Waals surface area contributed by atoms with Gasteiger partial charge < -0.3 is 23.8 Å². The summed E-state index contributed by atoms with van der Waals surface area (Å²) in [5, 5.41) is 40.4. The number of nitrogens with zero attached hydrogens (tertiary/aromatic N) is 7. The number of ether oxygens (including phenoxy) is 4. The third kappa shape index (κ3) is 17.6. The van der Waals surface area contributed by atoms with Crippen LogP contribution in [0.5, 0.6) is 11.5 Å². The van der Waals surface area contributed by atoms with E-state index in [1.165, 1.54) is 76.3 Å². The quantitative estimate of drug-likeness (QED) is 0.0148. The van der Waals surface area contributed by atoms with Crippen molar-refractivity contribution in [2.75, 3.05) is 44.4 Å². The first kappa shape index (κ1) is 49.8. The number of aryl methyl sites for hydroxylation is 1. The molecule has 0 aromatic heterocycles. The number of carbonyl (C=O) groups excluding carboxylic acids is 2. The number of anilines is 1. The molecule has 0 N–H and O–H groups in total. The lowest BCUT2D eigenvalue weighted by molar-refractivity contribution is -0.393. The molecule has 17 nitrogen and oxygen atoms in total. The van der Waals surface area contributed by atoms with Crippen molar-refractivity contribution in [1.82, 2.24) is 0 Å². The van der Waals surface area contributed by atoms with Gasteiger partial charge in [0.05, 0.1) is 21.6 Å². The molecule has 0 spiro atoms. The largest absolute Gasteiger partial charge is 0.488 e. The van der Waals surface area contributed by atoms with Gasteiger partial charge in [-0.05, 0) is 49.6 Å². The van der Waals surface area contributed by atoms with E-state index in [1.807, 2.05) is 13.0 Å². The van der Waals surface area contributed by atoms with Gasteiger partial charge in [0.2, 0.25) is 0 Å². The number of nitro benzene ring substituents is 2. The number of rotatable bonds is 31. The topological polar surface area (TPSA) is 210 Å². The molecule has 0 bridgehead atoms. The number of unbranched alkanes of at least 4 members (excludes halogenated alkanes) is 10. The fraction of sp³-hybridized carbons (Fsp3) is 0.467. The lowest BCUT2D eigenvalue weighted by atomic mass is 10.1. The maximum atomic E-state index is 11.8. The minimum Gasteiger partial charge on any atom is -0.488 e. The number of esters is 2. The molecule has 0 unspecified atom stereocenters. The minimum atomic E-state index is -0.813. The third-order valence-electron chi connectivity index (χ3n) is 9.55. The molecule has 0 amide bonds. The predicted octanol–water partition coefficient (Wildman–Crippen LogP) is 12.4. The van der Waals surface area contributed by atoms with Gasteiger partial charge in [-0.2, -0.15) is 5.11 Å². The van der Waals surface area contributed by atoms with Gasteiger partial charge in [0.25, 0.3) is 5.69 Å². The fourth-order valence-corrected chi connectivity index (χ4v) is 6.19. The highest BCUT2D eigenvalue weighted by molar-refractivity contribution is 5.81. The van der Waals surface area contributed by atoms with Crippen LogP contribution in [-0.4, -0.2) is 61.3 Å². The number of benzene rings is 3. The van der Waals surface area contributed by atoms with Gasteiger partial charge in [-0.15, -0.1) is 15.3 Å². The van der Waals surface area contributed by atoms with Crippen LogP contribution >= 0.6 is 0 Å². The van der Waals surface area contributed by atoms with Crippen LogP contribution in [0.4, 0.5) is 39.8 Å². The van der Waals surface area contributed by atoms with Gasteiger partial charge in [-0.3, -0.25) is 20.2 Å². The lowest BCUT2D eigenvalue weighted by Gasteiger charge is -2.26. The smallest absolute Gasteiger partial charge is 0.330 e. The standard InChI is InChI=1S/C45H59N7O10/c1-6-10-12-14-16-18-24-50(25-19-17-15-13-11-7-2)35-20-22-37(34(5)30-35)46-48-39-32-43(60-27-29-62-45(54)9-4)40(33-42(39)59-26-28-61-44(53)8-3)49-47-38-23-21-36(51(55)56)31-41(38)52(57)58/h8-9,20-23,30-33H,3-4,6-7,10-19,24-29H2,1-2,5H3. The van der Waals surface area contributed by atoms with Crippen molar-refractivity contribution in [2.24, 2.45) is 20.5 Å². The second-order valence-electron chi connectivity index (χ2n) is 14.3. The van der Waals surface area contributed by atoms with Crippen LogP contribution in [0.15, 0.2) is 94.3 Å². The molecule has 3 rings (SSSR count). The normalized spacial score (nSPS) is 11.1. The van der Waals surface area contributed by atoms with Crippen molar-refractivity contribution >= 4 is 51.8 Å². The van der Waals surface area contributed by atoms with E-state index >= 15 is 0 Å². The molecule has 0 aliphatic heterocycles. The fourth-order valence-electron chi connectivity index (χ4n) is 6.19. The number of hydrogen-bond acceptors (Lipinski definition) is 15. The molecule has 0 radical (unpaired) electrons. The SMILES string of the molecule is C=CC(=O)OCCOc1cc(N=Nc2ccc([N+](=O)[O-])cc2[N+](=O)[O-])c(OCCOC(=O)C=C)cc1N=Nc1ccc(N(CCCCCCCC)CCCCCCCC)cc1C. The van der Waals surface area contributed by atoms with Crippen molar-refractivity contribution in [3.8, 4) is 11.5 Å². The highest BCUT2D eigenvalue weighted by atomic mass is 16.6.